The van der Waals surface area contributed by atoms with Crippen molar-refractivity contribution in [3.63, 3.8) is 0 Å². The van der Waals surface area contributed by atoms with Crippen LogP contribution in [0.15, 0.2) is 15.9 Å². The minimum absolute atomic E-state index is 0.278. The topological polar surface area (TPSA) is 74.7 Å². The van der Waals surface area contributed by atoms with Crippen molar-refractivity contribution in [3.05, 3.63) is 42.7 Å². The smallest absolute Gasteiger partial charge is 0.328 e. The molecule has 0 saturated heterocycles. The first kappa shape index (κ1) is 17.2. The third-order valence-electron chi connectivity index (χ3n) is 5.39. The maximum absolute atomic E-state index is 12.8. The van der Waals surface area contributed by atoms with E-state index in [9.17, 15) is 9.59 Å². The van der Waals surface area contributed by atoms with Crippen LogP contribution in [-0.2, 0) is 33.5 Å². The van der Waals surface area contributed by atoms with Gasteiger partial charge in [0.2, 0.25) is 0 Å². The number of hydrogen-bond donors (Lipinski definition) is 0. The summed E-state index contributed by atoms with van der Waals surface area (Å²) in [5.74, 6) is 0.788. The highest BCUT2D eigenvalue weighted by Crippen LogP contribution is 2.31. The molecule has 0 aliphatic heterocycles. The van der Waals surface area contributed by atoms with Crippen molar-refractivity contribution in [1.82, 2.24) is 23.7 Å². The van der Waals surface area contributed by atoms with Gasteiger partial charge in [-0.15, -0.1) is 11.3 Å². The molecule has 4 rings (SSSR count). The summed E-state index contributed by atoms with van der Waals surface area (Å²) in [5.41, 5.74) is 1.31. The SMILES string of the molecule is Cc1nc(CC2CCC2)sc1CCn1c(=O)c2c(ncn2C)n(C)c1=O. The van der Waals surface area contributed by atoms with Gasteiger partial charge in [0.1, 0.15) is 0 Å². The molecule has 0 radical (unpaired) electrons. The van der Waals surface area contributed by atoms with E-state index in [1.54, 1.807) is 36.3 Å². The third-order valence-corrected chi connectivity index (χ3v) is 6.63. The Bertz CT molecular complexity index is 1080. The lowest BCUT2D eigenvalue weighted by atomic mass is 9.83. The van der Waals surface area contributed by atoms with Crippen LogP contribution in [0.5, 0.6) is 0 Å². The van der Waals surface area contributed by atoms with Gasteiger partial charge in [-0.05, 0) is 12.8 Å². The largest absolute Gasteiger partial charge is 0.332 e. The molecule has 1 fully saturated rings. The predicted octanol–water partition coefficient (Wildman–Crippen LogP) is 1.78. The quantitative estimate of drug-likeness (QED) is 0.683. The van der Waals surface area contributed by atoms with Crippen LogP contribution < -0.4 is 11.2 Å². The van der Waals surface area contributed by atoms with Crippen molar-refractivity contribution in [2.75, 3.05) is 0 Å². The minimum Gasteiger partial charge on any atom is -0.328 e. The van der Waals surface area contributed by atoms with Crippen LogP contribution in [-0.4, -0.2) is 23.7 Å². The number of hydrogen-bond acceptors (Lipinski definition) is 5. The van der Waals surface area contributed by atoms with Crippen molar-refractivity contribution in [1.29, 1.82) is 0 Å². The van der Waals surface area contributed by atoms with E-state index in [1.807, 2.05) is 6.92 Å². The van der Waals surface area contributed by atoms with Gasteiger partial charge in [0.05, 0.1) is 17.0 Å². The lowest BCUT2D eigenvalue weighted by Crippen LogP contribution is -2.40. The summed E-state index contributed by atoms with van der Waals surface area (Å²) in [6, 6.07) is 0. The molecule has 1 aliphatic carbocycles. The van der Waals surface area contributed by atoms with E-state index < -0.39 is 0 Å². The van der Waals surface area contributed by atoms with Gasteiger partial charge in [-0.25, -0.2) is 14.8 Å². The Kier molecular flexibility index (Phi) is 4.30. The number of fused-ring (bicyclic) bond motifs is 1. The molecule has 0 aromatic carbocycles. The Morgan fingerprint density at radius 3 is 2.73 bits per heavy atom. The maximum atomic E-state index is 12.8. The van der Waals surface area contributed by atoms with E-state index >= 15 is 0 Å². The van der Waals surface area contributed by atoms with Crippen LogP contribution >= 0.6 is 11.3 Å². The molecule has 26 heavy (non-hydrogen) atoms. The van der Waals surface area contributed by atoms with Gasteiger partial charge >= 0.3 is 5.69 Å². The molecule has 0 N–H and O–H groups in total. The zero-order valence-electron chi connectivity index (χ0n) is 15.4. The molecule has 3 heterocycles. The molecule has 0 atom stereocenters. The molecule has 0 bridgehead atoms. The lowest BCUT2D eigenvalue weighted by Gasteiger charge is -2.23. The Labute approximate surface area is 154 Å². The minimum atomic E-state index is -0.321. The Morgan fingerprint density at radius 2 is 2.04 bits per heavy atom. The molecular weight excluding hydrogens is 350 g/mol. The molecule has 1 saturated carbocycles. The third kappa shape index (κ3) is 2.82. The van der Waals surface area contributed by atoms with Gasteiger partial charge < -0.3 is 4.57 Å². The maximum Gasteiger partial charge on any atom is 0.332 e. The fraction of sp³-hybridized carbons (Fsp3) is 0.556. The number of nitrogens with zero attached hydrogens (tertiary/aromatic N) is 5. The second-order valence-electron chi connectivity index (χ2n) is 7.19. The van der Waals surface area contributed by atoms with E-state index in [0.717, 1.165) is 18.0 Å². The van der Waals surface area contributed by atoms with Crippen LogP contribution in [0.3, 0.4) is 0 Å². The summed E-state index contributed by atoms with van der Waals surface area (Å²) in [4.78, 5) is 35.4. The number of imidazole rings is 1. The molecule has 3 aromatic rings. The summed E-state index contributed by atoms with van der Waals surface area (Å²) in [6.07, 6.45) is 7.23. The Hall–Kier alpha value is -2.22. The number of aryl methyl sites for hydroxylation is 4. The van der Waals surface area contributed by atoms with Gasteiger partial charge in [0, 0.05) is 38.4 Å². The fourth-order valence-electron chi connectivity index (χ4n) is 3.56. The van der Waals surface area contributed by atoms with Crippen molar-refractivity contribution >= 4 is 22.5 Å². The van der Waals surface area contributed by atoms with Crippen LogP contribution in [0.4, 0.5) is 0 Å². The second kappa shape index (κ2) is 6.50. The zero-order chi connectivity index (χ0) is 18.4. The number of rotatable bonds is 5. The van der Waals surface area contributed by atoms with Gasteiger partial charge in [0.15, 0.2) is 11.2 Å². The van der Waals surface area contributed by atoms with Gasteiger partial charge in [-0.2, -0.15) is 0 Å². The van der Waals surface area contributed by atoms with Crippen molar-refractivity contribution in [2.45, 2.75) is 45.6 Å². The molecule has 138 valence electrons. The van der Waals surface area contributed by atoms with E-state index in [-0.39, 0.29) is 11.2 Å². The molecule has 0 amide bonds. The van der Waals surface area contributed by atoms with Gasteiger partial charge in [0.25, 0.3) is 5.56 Å². The molecule has 8 heteroatoms. The molecule has 0 spiro atoms. The average Bonchev–Trinajstić information content (AvgIpc) is 3.12. The molecule has 3 aromatic heterocycles. The van der Waals surface area contributed by atoms with E-state index in [1.165, 1.54) is 38.3 Å². The zero-order valence-corrected chi connectivity index (χ0v) is 16.2. The summed E-state index contributed by atoms with van der Waals surface area (Å²) < 4.78 is 4.43. The predicted molar refractivity (Wildman–Crippen MR) is 102 cm³/mol. The summed E-state index contributed by atoms with van der Waals surface area (Å²) >= 11 is 1.73. The van der Waals surface area contributed by atoms with Crippen molar-refractivity contribution in [2.24, 2.45) is 20.0 Å². The highest BCUT2D eigenvalue weighted by atomic mass is 32.1. The normalized spacial score (nSPS) is 14.9. The van der Waals surface area contributed by atoms with Gasteiger partial charge in [-0.3, -0.25) is 13.9 Å². The second-order valence-corrected chi connectivity index (χ2v) is 8.36. The van der Waals surface area contributed by atoms with E-state index in [2.05, 4.69) is 4.98 Å². The van der Waals surface area contributed by atoms with Crippen molar-refractivity contribution in [3.8, 4) is 0 Å². The number of aromatic nitrogens is 5. The molecular formula is C18H23N5O2S. The summed E-state index contributed by atoms with van der Waals surface area (Å²) in [5, 5.41) is 1.18. The first-order chi connectivity index (χ1) is 12.5. The highest BCUT2D eigenvalue weighted by Gasteiger charge is 2.20. The lowest BCUT2D eigenvalue weighted by molar-refractivity contribution is 0.314. The number of thiazole rings is 1. The van der Waals surface area contributed by atoms with Crippen LogP contribution in [0.25, 0.3) is 11.2 Å². The van der Waals surface area contributed by atoms with Crippen LogP contribution in [0.1, 0.15) is 34.8 Å². The Morgan fingerprint density at radius 1 is 1.27 bits per heavy atom. The summed E-state index contributed by atoms with van der Waals surface area (Å²) in [6.45, 7) is 2.37. The van der Waals surface area contributed by atoms with Crippen LogP contribution in [0.2, 0.25) is 0 Å². The van der Waals surface area contributed by atoms with E-state index in [4.69, 9.17) is 4.98 Å². The summed E-state index contributed by atoms with van der Waals surface area (Å²) in [7, 11) is 3.42. The van der Waals surface area contributed by atoms with Crippen LogP contribution in [0, 0.1) is 12.8 Å². The molecule has 7 nitrogen and oxygen atoms in total. The Balaban J connectivity index is 1.61. The standard InChI is InChI=1S/C18H23N5O2S/c1-11-13(26-14(20-11)9-12-5-4-6-12)7-8-23-17(24)15-16(19-10-21(15)2)22(3)18(23)25/h10,12H,4-9H2,1-3H3. The van der Waals surface area contributed by atoms with E-state index in [0.29, 0.717) is 24.1 Å². The fourth-order valence-corrected chi connectivity index (χ4v) is 4.73. The average molecular weight is 373 g/mol. The molecule has 0 unspecified atom stereocenters. The molecule has 1 aliphatic rings. The monoisotopic (exact) mass is 373 g/mol. The highest BCUT2D eigenvalue weighted by molar-refractivity contribution is 7.11. The van der Waals surface area contributed by atoms with Crippen molar-refractivity contribution < 1.29 is 0 Å². The van der Waals surface area contributed by atoms with Gasteiger partial charge in [-0.1, -0.05) is 19.3 Å². The first-order valence-electron chi connectivity index (χ1n) is 9.01. The first-order valence-corrected chi connectivity index (χ1v) is 9.83.